The van der Waals surface area contributed by atoms with Crippen LogP contribution in [0.1, 0.15) is 56.1 Å². The Morgan fingerprint density at radius 2 is 1.68 bits per heavy atom. The molecule has 7 rings (SSSR count). The lowest BCUT2D eigenvalue weighted by molar-refractivity contribution is -0.137. The minimum absolute atomic E-state index is 0.0725. The topological polar surface area (TPSA) is 238 Å². The summed E-state index contributed by atoms with van der Waals surface area (Å²) in [5, 5.41) is 34.3. The first-order chi connectivity index (χ1) is 33.6. The van der Waals surface area contributed by atoms with E-state index in [1.807, 2.05) is 53.9 Å². The van der Waals surface area contributed by atoms with Crippen LogP contribution in [-0.2, 0) is 28.6 Å². The fourth-order valence-electron chi connectivity index (χ4n) is 7.58. The molecule has 5 aromatic rings. The number of carbonyl (C=O) groups excluding carboxylic acids is 3. The number of rotatable bonds is 27. The monoisotopic (exact) mass is 972 g/mol. The number of aliphatic imine (C=N–C) groups is 1. The maximum Gasteiger partial charge on any atom is 0.677 e. The van der Waals surface area contributed by atoms with Gasteiger partial charge in [-0.15, -0.1) is 11.3 Å². The molecule has 6 N–H and O–H groups in total. The van der Waals surface area contributed by atoms with Crippen molar-refractivity contribution < 1.29 is 52.2 Å². The van der Waals surface area contributed by atoms with Gasteiger partial charge in [0.15, 0.2) is 35.9 Å². The van der Waals surface area contributed by atoms with Gasteiger partial charge in [0, 0.05) is 43.2 Å². The van der Waals surface area contributed by atoms with E-state index in [0.29, 0.717) is 105 Å². The van der Waals surface area contributed by atoms with Crippen LogP contribution in [0, 0.1) is 0 Å². The lowest BCUT2D eigenvalue weighted by Crippen LogP contribution is -2.42. The van der Waals surface area contributed by atoms with Gasteiger partial charge in [-0.1, -0.05) is 36.8 Å². The van der Waals surface area contributed by atoms with Crippen molar-refractivity contribution in [2.75, 3.05) is 64.5 Å². The predicted octanol–water partition coefficient (Wildman–Crippen LogP) is 3.97. The first-order valence-corrected chi connectivity index (χ1v) is 23.6. The number of aliphatic hydroxyl groups is 2. The molecule has 5 atom stereocenters. The van der Waals surface area contributed by atoms with Crippen molar-refractivity contribution in [3.05, 3.63) is 96.1 Å². The van der Waals surface area contributed by atoms with Gasteiger partial charge in [0.1, 0.15) is 30.3 Å². The summed E-state index contributed by atoms with van der Waals surface area (Å²) in [5.74, 6) is 0.129. The van der Waals surface area contributed by atoms with Crippen molar-refractivity contribution in [3.8, 4) is 16.3 Å². The minimum atomic E-state index is -2.69. The van der Waals surface area contributed by atoms with E-state index in [1.54, 1.807) is 31.2 Å². The number of halogens is 2. The SMILES string of the molecule is CCNC(=O)C1OC(n2cnc3c(NCCOCCOCCNC(=O)CCCCCNC(=O)COc4ccc(/C=C/C5=NC(c6ccc(-c7cccs7)n6B(F)F)C=C5)cc4)ncnc32)C(O)C1O. The van der Waals surface area contributed by atoms with Crippen LogP contribution in [0.3, 0.4) is 0 Å². The number of ether oxygens (including phenoxy) is 4. The van der Waals surface area contributed by atoms with Gasteiger partial charge in [-0.05, 0) is 73.2 Å². The number of fused-ring (bicyclic) bond motifs is 1. The van der Waals surface area contributed by atoms with Crippen LogP contribution in [0.15, 0.2) is 89.8 Å². The van der Waals surface area contributed by atoms with Crippen LogP contribution in [0.2, 0.25) is 0 Å². The van der Waals surface area contributed by atoms with Crippen LogP contribution in [0.4, 0.5) is 14.4 Å². The van der Waals surface area contributed by atoms with Gasteiger partial charge in [0.05, 0.1) is 44.2 Å². The van der Waals surface area contributed by atoms with Crippen molar-refractivity contribution in [1.29, 1.82) is 0 Å². The largest absolute Gasteiger partial charge is 0.677 e. The molecule has 5 unspecified atom stereocenters. The molecule has 0 saturated carbocycles. The average molecular weight is 973 g/mol. The van der Waals surface area contributed by atoms with Gasteiger partial charge < -0.3 is 54.9 Å². The normalized spacial score (nSPS) is 18.7. The van der Waals surface area contributed by atoms with Crippen LogP contribution < -0.4 is 26.0 Å². The third-order valence-corrected chi connectivity index (χ3v) is 11.9. The summed E-state index contributed by atoms with van der Waals surface area (Å²) >= 11 is 1.41. The number of amides is 3. The quantitative estimate of drug-likeness (QED) is 0.0323. The number of benzene rings is 1. The van der Waals surface area contributed by atoms with Gasteiger partial charge in [-0.2, -0.15) is 0 Å². The fourth-order valence-corrected chi connectivity index (χ4v) is 8.33. The van der Waals surface area contributed by atoms with E-state index >= 15 is 0 Å². The standard InChI is InChI=1S/C46H55BF2N10O9S/c1-2-50-45(64)42-40(62)41(63)46(68-42)58-29-56-39-43(54-28-55-44(39)58)53-21-23-66-25-24-65-22-20-52-37(60)8-4-3-5-19-51-38(61)27-67-32-14-10-30(11-15-32)9-12-31-13-16-33(57-31)34-17-18-35(59(34)47(48)49)36-7-6-26-69-36/h6-7,9-18,26,28-29,33,40-42,46,62-63H,2-5,8,19-25,27H2,1H3,(H,50,64)(H,51,61)(H,52,60)(H,53,54,55)/b12-9+. The summed E-state index contributed by atoms with van der Waals surface area (Å²) in [5.41, 5.74) is 3.20. The lowest BCUT2D eigenvalue weighted by Gasteiger charge is -2.16. The summed E-state index contributed by atoms with van der Waals surface area (Å²) in [4.78, 5) is 55.1. The second-order valence-corrected chi connectivity index (χ2v) is 16.8. The number of nitrogens with one attached hydrogen (secondary N) is 4. The van der Waals surface area contributed by atoms with Crippen LogP contribution in [0.5, 0.6) is 5.75 Å². The van der Waals surface area contributed by atoms with Crippen molar-refractivity contribution in [1.82, 2.24) is 39.9 Å². The summed E-state index contributed by atoms with van der Waals surface area (Å²) in [6.45, 7) is 4.55. The zero-order chi connectivity index (χ0) is 48.5. The number of aromatic nitrogens is 5. The zero-order valence-electron chi connectivity index (χ0n) is 37.9. The molecule has 19 nitrogen and oxygen atoms in total. The van der Waals surface area contributed by atoms with Gasteiger partial charge in [0.2, 0.25) is 5.91 Å². The molecule has 2 aliphatic rings. The van der Waals surface area contributed by atoms with Gasteiger partial charge in [-0.3, -0.25) is 32.6 Å². The maximum atomic E-state index is 14.1. The number of imidazole rings is 1. The molecule has 69 heavy (non-hydrogen) atoms. The van der Waals surface area contributed by atoms with E-state index in [9.17, 15) is 33.2 Å². The summed E-state index contributed by atoms with van der Waals surface area (Å²) in [7, 11) is -2.69. The first kappa shape index (κ1) is 50.5. The fraction of sp³-hybridized carbons (Fsp3) is 0.413. The highest BCUT2D eigenvalue weighted by Crippen LogP contribution is 2.34. The summed E-state index contributed by atoms with van der Waals surface area (Å²) < 4.78 is 53.1. The number of aliphatic hydroxyl groups excluding tert-OH is 2. The highest BCUT2D eigenvalue weighted by molar-refractivity contribution is 7.13. The number of allylic oxidation sites excluding steroid dienone is 2. The highest BCUT2D eigenvalue weighted by atomic mass is 32.1. The molecule has 6 heterocycles. The van der Waals surface area contributed by atoms with E-state index in [-0.39, 0.29) is 18.4 Å². The minimum Gasteiger partial charge on any atom is -0.484 e. The molecule has 0 spiro atoms. The van der Waals surface area contributed by atoms with E-state index in [2.05, 4.69) is 41.2 Å². The molecule has 366 valence electrons. The molecular weight excluding hydrogens is 917 g/mol. The van der Waals surface area contributed by atoms with Gasteiger partial charge in [-0.25, -0.2) is 15.0 Å². The van der Waals surface area contributed by atoms with E-state index in [1.165, 1.54) is 28.6 Å². The molecule has 1 fully saturated rings. The lowest BCUT2D eigenvalue weighted by atomic mass is 10.1. The molecule has 4 aromatic heterocycles. The second-order valence-electron chi connectivity index (χ2n) is 15.8. The molecular formula is C46H55BF2N10O9S. The Labute approximate surface area is 401 Å². The second kappa shape index (κ2) is 25.3. The van der Waals surface area contributed by atoms with Crippen molar-refractivity contribution in [2.45, 2.75) is 63.2 Å². The van der Waals surface area contributed by atoms with Crippen molar-refractivity contribution >= 4 is 65.2 Å². The van der Waals surface area contributed by atoms with Crippen molar-refractivity contribution in [2.24, 2.45) is 4.99 Å². The van der Waals surface area contributed by atoms with Crippen molar-refractivity contribution in [3.63, 3.8) is 0 Å². The molecule has 0 radical (unpaired) electrons. The Balaban J connectivity index is 0.679. The Morgan fingerprint density at radius 1 is 0.884 bits per heavy atom. The van der Waals surface area contributed by atoms with E-state index in [0.717, 1.165) is 27.8 Å². The number of carbonyl (C=O) groups is 3. The number of unbranched alkanes of at least 4 members (excludes halogenated alkanes) is 2. The molecule has 1 aromatic carbocycles. The Morgan fingerprint density at radius 3 is 2.45 bits per heavy atom. The number of nitrogens with zero attached hydrogens (tertiary/aromatic N) is 6. The molecule has 0 bridgehead atoms. The molecule has 2 aliphatic heterocycles. The van der Waals surface area contributed by atoms with Crippen LogP contribution in [-0.4, -0.2) is 143 Å². The predicted molar refractivity (Wildman–Crippen MR) is 256 cm³/mol. The molecule has 0 aliphatic carbocycles. The smallest absolute Gasteiger partial charge is 0.484 e. The number of anilines is 1. The molecule has 3 amide bonds. The molecule has 23 heteroatoms. The third-order valence-electron chi connectivity index (χ3n) is 11.0. The Bertz CT molecular complexity index is 2560. The van der Waals surface area contributed by atoms with Gasteiger partial charge >= 0.3 is 7.40 Å². The number of hydrogen-bond donors (Lipinski definition) is 6. The maximum absolute atomic E-state index is 14.1. The van der Waals surface area contributed by atoms with Crippen LogP contribution in [0.25, 0.3) is 27.8 Å². The Hall–Kier alpha value is -6.37. The summed E-state index contributed by atoms with van der Waals surface area (Å²) in [6.07, 6.45) is 7.47. The number of hydrogen-bond acceptors (Lipinski definition) is 15. The van der Waals surface area contributed by atoms with E-state index < -0.39 is 43.9 Å². The third kappa shape index (κ3) is 13.7. The highest BCUT2D eigenvalue weighted by Gasteiger charge is 2.47. The van der Waals surface area contributed by atoms with Gasteiger partial charge in [0.25, 0.3) is 11.8 Å². The number of likely N-dealkylation sites (N-methyl/N-ethyl adjacent to an activating group) is 1. The summed E-state index contributed by atoms with van der Waals surface area (Å²) in [6, 6.07) is 13.8. The zero-order valence-corrected chi connectivity index (χ0v) is 38.7. The first-order valence-electron chi connectivity index (χ1n) is 22.7. The Kier molecular flexibility index (Phi) is 18.5. The van der Waals surface area contributed by atoms with E-state index in [4.69, 9.17) is 18.9 Å². The number of thiophene rings is 1. The molecule has 1 saturated heterocycles. The average Bonchev–Trinajstić information content (AvgIpc) is 4.21. The van der Waals surface area contributed by atoms with Crippen LogP contribution >= 0.6 is 11.3 Å².